The van der Waals surface area contributed by atoms with Gasteiger partial charge in [-0.2, -0.15) is 9.61 Å². The normalized spacial score (nSPS) is 17.7. The topological polar surface area (TPSA) is 129 Å². The SMILES string of the molecule is CNc1cc(Nc2cccn(C3CC4(COC4)C3)c2=O)nc2c(C(N)=O)cnn12. The monoisotopic (exact) mass is 395 g/mol. The van der Waals surface area contributed by atoms with Crippen molar-refractivity contribution in [2.75, 3.05) is 30.9 Å². The van der Waals surface area contributed by atoms with Crippen molar-refractivity contribution >= 4 is 28.9 Å². The molecule has 29 heavy (non-hydrogen) atoms. The highest BCUT2D eigenvalue weighted by Crippen LogP contribution is 2.52. The number of ether oxygens (including phenoxy) is 1. The summed E-state index contributed by atoms with van der Waals surface area (Å²) < 4.78 is 8.58. The third-order valence-corrected chi connectivity index (χ3v) is 5.78. The number of pyridine rings is 1. The molecule has 10 nitrogen and oxygen atoms in total. The Morgan fingerprint density at radius 2 is 2.17 bits per heavy atom. The Morgan fingerprint density at radius 1 is 1.38 bits per heavy atom. The second-order valence-corrected chi connectivity index (χ2v) is 7.75. The van der Waals surface area contributed by atoms with Crippen LogP contribution >= 0.6 is 0 Å². The zero-order valence-electron chi connectivity index (χ0n) is 15.9. The summed E-state index contributed by atoms with van der Waals surface area (Å²) in [6.45, 7) is 1.58. The van der Waals surface area contributed by atoms with Crippen LogP contribution < -0.4 is 21.9 Å². The maximum atomic E-state index is 13.0. The van der Waals surface area contributed by atoms with Crippen molar-refractivity contribution in [1.82, 2.24) is 19.2 Å². The molecule has 0 bridgehead atoms. The Balaban J connectivity index is 1.48. The van der Waals surface area contributed by atoms with Gasteiger partial charge in [0, 0.05) is 30.8 Å². The molecule has 1 spiro atoms. The maximum Gasteiger partial charge on any atom is 0.274 e. The second-order valence-electron chi connectivity index (χ2n) is 7.75. The van der Waals surface area contributed by atoms with E-state index < -0.39 is 5.91 Å². The highest BCUT2D eigenvalue weighted by atomic mass is 16.5. The van der Waals surface area contributed by atoms with E-state index in [9.17, 15) is 9.59 Å². The number of aromatic nitrogens is 4. The van der Waals surface area contributed by atoms with Crippen molar-refractivity contribution in [2.24, 2.45) is 11.1 Å². The van der Waals surface area contributed by atoms with Crippen LogP contribution in [0.25, 0.3) is 5.65 Å². The minimum absolute atomic E-state index is 0.107. The van der Waals surface area contributed by atoms with Gasteiger partial charge in [-0.15, -0.1) is 0 Å². The number of fused-ring (bicyclic) bond motifs is 1. The summed E-state index contributed by atoms with van der Waals surface area (Å²) in [6, 6.07) is 5.46. The number of anilines is 3. The van der Waals surface area contributed by atoms with E-state index in [-0.39, 0.29) is 22.6 Å². The number of nitrogens with two attached hydrogens (primary N) is 1. The zero-order chi connectivity index (χ0) is 20.2. The number of hydrogen-bond donors (Lipinski definition) is 3. The molecule has 1 saturated carbocycles. The van der Waals surface area contributed by atoms with Crippen LogP contribution in [0.1, 0.15) is 29.2 Å². The lowest BCUT2D eigenvalue weighted by Gasteiger charge is -2.53. The van der Waals surface area contributed by atoms with Gasteiger partial charge < -0.3 is 25.7 Å². The van der Waals surface area contributed by atoms with Crippen LogP contribution in [0.4, 0.5) is 17.3 Å². The highest BCUT2D eigenvalue weighted by Gasteiger charge is 2.50. The largest absolute Gasteiger partial charge is 0.380 e. The molecule has 1 aliphatic carbocycles. The molecule has 0 unspecified atom stereocenters. The van der Waals surface area contributed by atoms with E-state index in [0.717, 1.165) is 26.1 Å². The van der Waals surface area contributed by atoms with E-state index in [2.05, 4.69) is 20.7 Å². The molecular weight excluding hydrogens is 374 g/mol. The predicted octanol–water partition coefficient (Wildman–Crippen LogP) is 1.13. The molecule has 1 saturated heterocycles. The minimum atomic E-state index is -0.618. The smallest absolute Gasteiger partial charge is 0.274 e. The van der Waals surface area contributed by atoms with Gasteiger partial charge >= 0.3 is 0 Å². The molecule has 150 valence electrons. The number of nitrogens with one attached hydrogen (secondary N) is 2. The molecule has 0 aromatic carbocycles. The molecule has 10 heteroatoms. The molecule has 3 aromatic rings. The first-order valence-electron chi connectivity index (χ1n) is 9.42. The van der Waals surface area contributed by atoms with Gasteiger partial charge in [0.25, 0.3) is 11.5 Å². The van der Waals surface area contributed by atoms with Crippen LogP contribution in [-0.4, -0.2) is 45.3 Å². The Labute approximate surface area is 165 Å². The third-order valence-electron chi connectivity index (χ3n) is 5.78. The van der Waals surface area contributed by atoms with E-state index >= 15 is 0 Å². The van der Waals surface area contributed by atoms with Crippen molar-refractivity contribution < 1.29 is 9.53 Å². The van der Waals surface area contributed by atoms with E-state index in [1.54, 1.807) is 23.7 Å². The van der Waals surface area contributed by atoms with Crippen molar-refractivity contribution in [2.45, 2.75) is 18.9 Å². The van der Waals surface area contributed by atoms with Crippen LogP contribution in [0.2, 0.25) is 0 Å². The number of primary amides is 1. The molecular formula is C19H21N7O3. The summed E-state index contributed by atoms with van der Waals surface area (Å²) in [5, 5.41) is 10.2. The van der Waals surface area contributed by atoms with Crippen LogP contribution in [0.3, 0.4) is 0 Å². The van der Waals surface area contributed by atoms with Gasteiger partial charge in [0.05, 0.1) is 19.4 Å². The van der Waals surface area contributed by atoms with Gasteiger partial charge in [0.15, 0.2) is 5.65 Å². The van der Waals surface area contributed by atoms with E-state index in [4.69, 9.17) is 10.5 Å². The second kappa shape index (κ2) is 6.31. The van der Waals surface area contributed by atoms with Crippen LogP contribution in [-0.2, 0) is 4.74 Å². The quantitative estimate of drug-likeness (QED) is 0.590. The highest BCUT2D eigenvalue weighted by molar-refractivity contribution is 5.98. The number of hydrogen-bond acceptors (Lipinski definition) is 7. The summed E-state index contributed by atoms with van der Waals surface area (Å²) in [5.74, 6) is 0.400. The molecule has 4 heterocycles. The summed E-state index contributed by atoms with van der Waals surface area (Å²) in [5.41, 5.74) is 6.52. The van der Waals surface area contributed by atoms with Crippen LogP contribution in [0, 0.1) is 5.41 Å². The Morgan fingerprint density at radius 3 is 2.83 bits per heavy atom. The van der Waals surface area contributed by atoms with Gasteiger partial charge in [0.2, 0.25) is 0 Å². The maximum absolute atomic E-state index is 13.0. The number of carbonyl (C=O) groups is 1. The third kappa shape index (κ3) is 2.75. The molecule has 4 N–H and O–H groups in total. The molecule has 2 fully saturated rings. The molecule has 3 aromatic heterocycles. The fourth-order valence-electron chi connectivity index (χ4n) is 4.17. The van der Waals surface area contributed by atoms with E-state index in [1.165, 1.54) is 10.7 Å². The van der Waals surface area contributed by atoms with Gasteiger partial charge in [-0.05, 0) is 25.0 Å². The first-order chi connectivity index (χ1) is 14.0. The number of amides is 1. The van der Waals surface area contributed by atoms with Crippen molar-refractivity contribution in [3.8, 4) is 0 Å². The fraction of sp³-hybridized carbons (Fsp3) is 0.368. The predicted molar refractivity (Wildman–Crippen MR) is 107 cm³/mol. The van der Waals surface area contributed by atoms with Crippen molar-refractivity contribution in [3.63, 3.8) is 0 Å². The Hall–Kier alpha value is -3.40. The number of carbonyl (C=O) groups excluding carboxylic acids is 1. The van der Waals surface area contributed by atoms with Crippen LogP contribution in [0.5, 0.6) is 0 Å². The van der Waals surface area contributed by atoms with Crippen molar-refractivity contribution in [3.05, 3.63) is 46.5 Å². The summed E-state index contributed by atoms with van der Waals surface area (Å²) in [6.07, 6.45) is 5.12. The Kier molecular flexibility index (Phi) is 3.85. The van der Waals surface area contributed by atoms with Gasteiger partial charge in [-0.3, -0.25) is 9.59 Å². The molecule has 1 amide bonds. The lowest BCUT2D eigenvalue weighted by Crippen LogP contribution is -2.53. The molecule has 2 aliphatic rings. The summed E-state index contributed by atoms with van der Waals surface area (Å²) in [4.78, 5) is 29.1. The van der Waals surface area contributed by atoms with E-state index in [0.29, 0.717) is 23.0 Å². The van der Waals surface area contributed by atoms with Crippen LogP contribution in [0.15, 0.2) is 35.4 Å². The summed E-state index contributed by atoms with van der Waals surface area (Å²) >= 11 is 0. The standard InChI is InChI=1S/C19H21N7O3/c1-21-15-5-14(24-17-12(16(20)27)8-22-26(15)17)23-13-3-2-4-25(18(13)28)11-6-19(7-11)9-29-10-19/h2-5,8,11,21H,6-7,9-10H2,1H3,(H2,20,27)(H,23,24). The number of rotatable bonds is 5. The van der Waals surface area contributed by atoms with Gasteiger partial charge in [-0.1, -0.05) is 0 Å². The fourth-order valence-corrected chi connectivity index (χ4v) is 4.17. The van der Waals surface area contributed by atoms with Crippen molar-refractivity contribution in [1.29, 1.82) is 0 Å². The van der Waals surface area contributed by atoms with E-state index in [1.807, 2.05) is 12.3 Å². The average Bonchev–Trinajstić information content (AvgIpc) is 3.06. The minimum Gasteiger partial charge on any atom is -0.380 e. The van der Waals surface area contributed by atoms with Gasteiger partial charge in [-0.25, -0.2) is 4.98 Å². The first-order valence-corrected chi connectivity index (χ1v) is 9.42. The number of nitrogens with zero attached hydrogens (tertiary/aromatic N) is 4. The first kappa shape index (κ1) is 17.7. The summed E-state index contributed by atoms with van der Waals surface area (Å²) in [7, 11) is 1.73. The molecule has 5 rings (SSSR count). The lowest BCUT2D eigenvalue weighted by atomic mass is 9.64. The molecule has 0 atom stereocenters. The average molecular weight is 395 g/mol. The lowest BCUT2D eigenvalue weighted by molar-refractivity contribution is -0.174. The zero-order valence-corrected chi connectivity index (χ0v) is 15.9. The van der Waals surface area contributed by atoms with Gasteiger partial charge in [0.1, 0.15) is 22.9 Å². The Bertz CT molecular complexity index is 1170. The molecule has 1 aliphatic heterocycles. The molecule has 0 radical (unpaired) electrons.